The summed E-state index contributed by atoms with van der Waals surface area (Å²) in [4.78, 5) is 21.0. The second-order valence-corrected chi connectivity index (χ2v) is 8.12. The van der Waals surface area contributed by atoms with Crippen LogP contribution in [0, 0.1) is 6.92 Å². The van der Waals surface area contributed by atoms with E-state index < -0.39 is 11.1 Å². The molecule has 6 nitrogen and oxygen atoms in total. The molecule has 0 spiro atoms. The molecule has 0 N–H and O–H groups in total. The summed E-state index contributed by atoms with van der Waals surface area (Å²) >= 11 is 11.4. The Bertz CT molecular complexity index is 1090. The monoisotopic (exact) mass is 453 g/mol. The largest absolute Gasteiger partial charge is 0.364 e. The number of halogens is 4. The normalized spacial score (nSPS) is 15.7. The molecule has 1 aromatic carbocycles. The van der Waals surface area contributed by atoms with Crippen LogP contribution < -0.4 is 0 Å². The lowest BCUT2D eigenvalue weighted by molar-refractivity contribution is 0.0620. The Hall–Kier alpha value is -2.29. The number of aryl methyl sites for hydroxylation is 1. The van der Waals surface area contributed by atoms with E-state index in [0.717, 1.165) is 21.2 Å². The Morgan fingerprint density at radius 3 is 2.53 bits per heavy atom. The Morgan fingerprint density at radius 1 is 1.17 bits per heavy atom. The second-order valence-electron chi connectivity index (χ2n) is 7.24. The molecule has 4 rings (SSSR count). The first-order valence-electron chi connectivity index (χ1n) is 9.42. The Balaban J connectivity index is 1.48. The standard InChI is InChI=1S/C20H19Cl2F2N5O/c1-13-10-17(20(22,23)24)29-18(25-13)11-16(26-29)19(30)28-8-6-27(7-9-28)12-14-4-2-3-5-15(14)21/h2-5,10-11H,6-9,12H2,1H3. The first-order valence-corrected chi connectivity index (χ1v) is 10.2. The first-order chi connectivity index (χ1) is 14.2. The number of fused-ring (bicyclic) bond motifs is 1. The fourth-order valence-electron chi connectivity index (χ4n) is 3.55. The number of alkyl halides is 3. The zero-order valence-electron chi connectivity index (χ0n) is 16.2. The van der Waals surface area contributed by atoms with Gasteiger partial charge < -0.3 is 4.90 Å². The maximum atomic E-state index is 13.7. The van der Waals surface area contributed by atoms with E-state index >= 15 is 0 Å². The van der Waals surface area contributed by atoms with Crippen molar-refractivity contribution in [3.8, 4) is 0 Å². The molecule has 1 aliphatic heterocycles. The van der Waals surface area contributed by atoms with Crippen molar-refractivity contribution >= 4 is 34.8 Å². The van der Waals surface area contributed by atoms with E-state index in [2.05, 4.69) is 15.0 Å². The molecule has 3 aromatic rings. The van der Waals surface area contributed by atoms with Gasteiger partial charge in [-0.05, 0) is 36.2 Å². The summed E-state index contributed by atoms with van der Waals surface area (Å²) in [6.07, 6.45) is 0. The Kier molecular flexibility index (Phi) is 5.65. The number of nitrogens with zero attached hydrogens (tertiary/aromatic N) is 5. The molecule has 0 radical (unpaired) electrons. The lowest BCUT2D eigenvalue weighted by Crippen LogP contribution is -2.48. The topological polar surface area (TPSA) is 53.7 Å². The lowest BCUT2D eigenvalue weighted by atomic mass is 10.2. The van der Waals surface area contributed by atoms with Gasteiger partial charge in [0.25, 0.3) is 5.91 Å². The van der Waals surface area contributed by atoms with Gasteiger partial charge in [0.2, 0.25) is 0 Å². The number of benzene rings is 1. The van der Waals surface area contributed by atoms with Crippen molar-refractivity contribution in [2.45, 2.75) is 18.9 Å². The molecule has 0 bridgehead atoms. The summed E-state index contributed by atoms with van der Waals surface area (Å²) in [6.45, 7) is 4.63. The van der Waals surface area contributed by atoms with Gasteiger partial charge in [-0.15, -0.1) is 0 Å². The number of amides is 1. The molecule has 158 valence electrons. The van der Waals surface area contributed by atoms with Gasteiger partial charge in [0.05, 0.1) is 0 Å². The highest BCUT2D eigenvalue weighted by molar-refractivity contribution is 6.31. The molecule has 10 heteroatoms. The smallest absolute Gasteiger partial charge is 0.335 e. The number of piperazine rings is 1. The van der Waals surface area contributed by atoms with Crippen LogP contribution in [0.1, 0.15) is 27.4 Å². The second kappa shape index (κ2) is 8.09. The maximum Gasteiger partial charge on any atom is 0.364 e. The van der Waals surface area contributed by atoms with Crippen LogP contribution in [0.15, 0.2) is 36.4 Å². The number of carbonyl (C=O) groups is 1. The highest BCUT2D eigenvalue weighted by atomic mass is 35.5. The van der Waals surface area contributed by atoms with Crippen LogP contribution in [0.25, 0.3) is 5.65 Å². The number of carbonyl (C=O) groups excluding carboxylic acids is 1. The quantitative estimate of drug-likeness (QED) is 0.561. The zero-order chi connectivity index (χ0) is 21.5. The SMILES string of the molecule is Cc1cc(C(F)(F)Cl)n2nc(C(=O)N3CCN(Cc4ccccc4Cl)CC3)cc2n1. The van der Waals surface area contributed by atoms with Crippen molar-refractivity contribution in [2.75, 3.05) is 26.2 Å². The number of rotatable bonds is 4. The van der Waals surface area contributed by atoms with Gasteiger partial charge in [0.15, 0.2) is 11.3 Å². The van der Waals surface area contributed by atoms with Crippen molar-refractivity contribution in [1.29, 1.82) is 0 Å². The fraction of sp³-hybridized carbons (Fsp3) is 0.350. The van der Waals surface area contributed by atoms with Crippen LogP contribution in [0.3, 0.4) is 0 Å². The number of hydrogen-bond acceptors (Lipinski definition) is 4. The molecule has 30 heavy (non-hydrogen) atoms. The minimum atomic E-state index is -3.62. The third-order valence-electron chi connectivity index (χ3n) is 5.08. The van der Waals surface area contributed by atoms with Crippen LogP contribution in [-0.2, 0) is 11.9 Å². The molecule has 1 amide bonds. The Morgan fingerprint density at radius 2 is 1.87 bits per heavy atom. The van der Waals surface area contributed by atoms with E-state index in [9.17, 15) is 13.6 Å². The highest BCUT2D eigenvalue weighted by Crippen LogP contribution is 2.32. The summed E-state index contributed by atoms with van der Waals surface area (Å²) < 4.78 is 28.4. The van der Waals surface area contributed by atoms with Crippen molar-refractivity contribution in [3.63, 3.8) is 0 Å². The zero-order valence-corrected chi connectivity index (χ0v) is 17.7. The van der Waals surface area contributed by atoms with E-state index in [1.165, 1.54) is 6.07 Å². The van der Waals surface area contributed by atoms with E-state index in [1.54, 1.807) is 11.8 Å². The number of aromatic nitrogens is 3. The minimum absolute atomic E-state index is 0.0646. The van der Waals surface area contributed by atoms with Crippen molar-refractivity contribution in [3.05, 3.63) is 64.1 Å². The van der Waals surface area contributed by atoms with Crippen LogP contribution in [0.4, 0.5) is 8.78 Å². The summed E-state index contributed by atoms with van der Waals surface area (Å²) in [5.74, 6) is -0.320. The summed E-state index contributed by atoms with van der Waals surface area (Å²) in [6, 6.07) is 10.2. The van der Waals surface area contributed by atoms with Crippen LogP contribution >= 0.6 is 23.2 Å². The molecule has 0 atom stereocenters. The highest BCUT2D eigenvalue weighted by Gasteiger charge is 2.33. The predicted molar refractivity (Wildman–Crippen MR) is 110 cm³/mol. The van der Waals surface area contributed by atoms with Gasteiger partial charge in [-0.2, -0.15) is 13.9 Å². The third-order valence-corrected chi connectivity index (χ3v) is 5.64. The lowest BCUT2D eigenvalue weighted by Gasteiger charge is -2.34. The van der Waals surface area contributed by atoms with E-state index in [0.29, 0.717) is 38.4 Å². The van der Waals surface area contributed by atoms with Gasteiger partial charge in [-0.1, -0.05) is 29.8 Å². The Labute approximate surface area is 182 Å². The molecule has 0 aliphatic carbocycles. The van der Waals surface area contributed by atoms with Crippen molar-refractivity contribution in [2.24, 2.45) is 0 Å². The molecule has 1 aliphatic rings. The van der Waals surface area contributed by atoms with Crippen molar-refractivity contribution in [1.82, 2.24) is 24.4 Å². The first kappa shape index (κ1) is 21.0. The van der Waals surface area contributed by atoms with Gasteiger partial charge in [0.1, 0.15) is 5.69 Å². The molecular weight excluding hydrogens is 435 g/mol. The minimum Gasteiger partial charge on any atom is -0.335 e. The van der Waals surface area contributed by atoms with E-state index in [4.69, 9.17) is 23.2 Å². The van der Waals surface area contributed by atoms with Crippen LogP contribution in [0.2, 0.25) is 5.02 Å². The van der Waals surface area contributed by atoms with Crippen molar-refractivity contribution < 1.29 is 13.6 Å². The molecular formula is C20H19Cl2F2N5O. The molecule has 1 saturated heterocycles. The number of hydrogen-bond donors (Lipinski definition) is 0. The van der Waals surface area contributed by atoms with Crippen LogP contribution in [0.5, 0.6) is 0 Å². The molecule has 2 aromatic heterocycles. The summed E-state index contributed by atoms with van der Waals surface area (Å²) in [5.41, 5.74) is 1.11. The average molecular weight is 454 g/mol. The third kappa shape index (κ3) is 4.26. The predicted octanol–water partition coefficient (Wildman–Crippen LogP) is 3.94. The van der Waals surface area contributed by atoms with Gasteiger partial charge in [-0.25, -0.2) is 9.50 Å². The van der Waals surface area contributed by atoms with E-state index in [1.807, 2.05) is 24.3 Å². The maximum absolute atomic E-state index is 13.7. The molecule has 3 heterocycles. The molecule has 0 unspecified atom stereocenters. The average Bonchev–Trinajstić information content (AvgIpc) is 3.12. The molecule has 0 saturated carbocycles. The van der Waals surface area contributed by atoms with E-state index in [-0.39, 0.29) is 17.2 Å². The molecule has 1 fully saturated rings. The summed E-state index contributed by atoms with van der Waals surface area (Å²) in [7, 11) is 0. The van der Waals surface area contributed by atoms with Gasteiger partial charge in [-0.3, -0.25) is 9.69 Å². The summed E-state index contributed by atoms with van der Waals surface area (Å²) in [5, 5.41) is 1.16. The van der Waals surface area contributed by atoms with Crippen LogP contribution in [-0.4, -0.2) is 56.5 Å². The van der Waals surface area contributed by atoms with Gasteiger partial charge >= 0.3 is 5.38 Å². The van der Waals surface area contributed by atoms with Gasteiger partial charge in [0, 0.05) is 49.5 Å². The fourth-order valence-corrected chi connectivity index (χ4v) is 3.88.